The highest BCUT2D eigenvalue weighted by atomic mass is 15.4. The first-order chi connectivity index (χ1) is 6.74. The maximum absolute atomic E-state index is 5.51. The van der Waals surface area contributed by atoms with Gasteiger partial charge in [-0.25, -0.2) is 0 Å². The van der Waals surface area contributed by atoms with E-state index < -0.39 is 0 Å². The second kappa shape index (κ2) is 3.96. The zero-order valence-electron chi connectivity index (χ0n) is 8.56. The number of nitrogens with zero attached hydrogens (tertiary/aromatic N) is 4. The standard InChI is InChI=1S/C9H17N5/c1-13-4-2-3-8(5-13)6-14-7-9(10)11-12-14/h7-8H,2-6,10H2,1H3. The van der Waals surface area contributed by atoms with Crippen molar-refractivity contribution in [3.8, 4) is 0 Å². The Balaban J connectivity index is 1.90. The number of aromatic nitrogens is 3. The van der Waals surface area contributed by atoms with Gasteiger partial charge in [-0.2, -0.15) is 0 Å². The predicted molar refractivity (Wildman–Crippen MR) is 54.7 cm³/mol. The Labute approximate surface area is 83.9 Å². The summed E-state index contributed by atoms with van der Waals surface area (Å²) in [7, 11) is 2.17. The van der Waals surface area contributed by atoms with Gasteiger partial charge in [-0.3, -0.25) is 4.68 Å². The van der Waals surface area contributed by atoms with Crippen molar-refractivity contribution in [2.75, 3.05) is 25.9 Å². The molecule has 0 bridgehead atoms. The molecule has 1 fully saturated rings. The minimum atomic E-state index is 0.508. The van der Waals surface area contributed by atoms with E-state index in [1.54, 1.807) is 6.20 Å². The van der Waals surface area contributed by atoms with Crippen LogP contribution in [0.2, 0.25) is 0 Å². The molecule has 1 unspecified atom stereocenters. The van der Waals surface area contributed by atoms with E-state index in [-0.39, 0.29) is 0 Å². The molecule has 2 heterocycles. The number of nitrogen functional groups attached to an aromatic ring is 1. The fourth-order valence-corrected chi connectivity index (χ4v) is 2.09. The second-order valence-corrected chi connectivity index (χ2v) is 4.14. The lowest BCUT2D eigenvalue weighted by Gasteiger charge is -2.29. The summed E-state index contributed by atoms with van der Waals surface area (Å²) in [5.41, 5.74) is 5.51. The Morgan fingerprint density at radius 3 is 3.14 bits per heavy atom. The molecule has 2 rings (SSSR count). The third-order valence-electron chi connectivity index (χ3n) is 2.72. The average molecular weight is 195 g/mol. The van der Waals surface area contributed by atoms with E-state index in [0.29, 0.717) is 11.7 Å². The molecule has 0 radical (unpaired) electrons. The number of hydrogen-bond acceptors (Lipinski definition) is 4. The highest BCUT2D eigenvalue weighted by Gasteiger charge is 2.17. The summed E-state index contributed by atoms with van der Waals surface area (Å²) in [5, 5.41) is 7.74. The SMILES string of the molecule is CN1CCCC(Cn2cc(N)nn2)C1. The zero-order chi connectivity index (χ0) is 9.97. The van der Waals surface area contributed by atoms with Gasteiger partial charge in [0, 0.05) is 13.1 Å². The number of hydrogen-bond donors (Lipinski definition) is 1. The molecule has 0 aromatic carbocycles. The molecule has 0 spiro atoms. The summed E-state index contributed by atoms with van der Waals surface area (Å²) in [4.78, 5) is 2.37. The second-order valence-electron chi connectivity index (χ2n) is 4.14. The number of rotatable bonds is 2. The minimum absolute atomic E-state index is 0.508. The largest absolute Gasteiger partial charge is 0.381 e. The Hall–Kier alpha value is -1.10. The van der Waals surface area contributed by atoms with Gasteiger partial charge in [-0.05, 0) is 32.4 Å². The van der Waals surface area contributed by atoms with Crippen LogP contribution < -0.4 is 5.73 Å². The van der Waals surface area contributed by atoms with Crippen molar-refractivity contribution in [1.82, 2.24) is 19.9 Å². The molecule has 1 aliphatic rings. The molecule has 1 aromatic heterocycles. The molecule has 5 heteroatoms. The molecule has 0 saturated carbocycles. The van der Waals surface area contributed by atoms with Gasteiger partial charge in [0.1, 0.15) is 0 Å². The third kappa shape index (κ3) is 2.23. The molecule has 14 heavy (non-hydrogen) atoms. The van der Waals surface area contributed by atoms with Crippen LogP contribution in [-0.2, 0) is 6.54 Å². The molecule has 78 valence electrons. The van der Waals surface area contributed by atoms with Gasteiger partial charge in [0.05, 0.1) is 6.20 Å². The number of nitrogens with two attached hydrogens (primary N) is 1. The molecule has 2 N–H and O–H groups in total. The van der Waals surface area contributed by atoms with Crippen molar-refractivity contribution in [3.05, 3.63) is 6.20 Å². The van der Waals surface area contributed by atoms with Gasteiger partial charge in [0.25, 0.3) is 0 Å². The molecule has 1 aromatic rings. The molecule has 0 amide bonds. The lowest BCUT2D eigenvalue weighted by molar-refractivity contribution is 0.190. The van der Waals surface area contributed by atoms with E-state index in [0.717, 1.165) is 13.1 Å². The van der Waals surface area contributed by atoms with Gasteiger partial charge in [-0.1, -0.05) is 5.21 Å². The number of anilines is 1. The van der Waals surface area contributed by atoms with Crippen LogP contribution in [-0.4, -0.2) is 40.0 Å². The molecular weight excluding hydrogens is 178 g/mol. The van der Waals surface area contributed by atoms with Crippen LogP contribution in [0, 0.1) is 5.92 Å². The topological polar surface area (TPSA) is 60.0 Å². The predicted octanol–water partition coefficient (Wildman–Crippen LogP) is 0.202. The van der Waals surface area contributed by atoms with E-state index in [4.69, 9.17) is 5.73 Å². The highest BCUT2D eigenvalue weighted by Crippen LogP contribution is 2.16. The summed E-state index contributed by atoms with van der Waals surface area (Å²) < 4.78 is 1.85. The Kier molecular flexibility index (Phi) is 2.67. The number of likely N-dealkylation sites (tertiary alicyclic amines) is 1. The molecule has 1 aliphatic heterocycles. The summed E-state index contributed by atoms with van der Waals surface area (Å²) in [5.74, 6) is 1.20. The van der Waals surface area contributed by atoms with Gasteiger partial charge in [-0.15, -0.1) is 5.10 Å². The van der Waals surface area contributed by atoms with E-state index >= 15 is 0 Å². The fourth-order valence-electron chi connectivity index (χ4n) is 2.09. The van der Waals surface area contributed by atoms with E-state index in [1.807, 2.05) is 4.68 Å². The third-order valence-corrected chi connectivity index (χ3v) is 2.72. The van der Waals surface area contributed by atoms with Crippen molar-refractivity contribution in [2.24, 2.45) is 5.92 Å². The van der Waals surface area contributed by atoms with Crippen LogP contribution in [0.1, 0.15) is 12.8 Å². The lowest BCUT2D eigenvalue weighted by Crippen LogP contribution is -2.34. The van der Waals surface area contributed by atoms with E-state index in [9.17, 15) is 0 Å². The van der Waals surface area contributed by atoms with Gasteiger partial charge >= 0.3 is 0 Å². The van der Waals surface area contributed by atoms with Crippen LogP contribution in [0.3, 0.4) is 0 Å². The first-order valence-electron chi connectivity index (χ1n) is 5.08. The average Bonchev–Trinajstić information content (AvgIpc) is 2.51. The normalized spacial score (nSPS) is 23.9. The maximum atomic E-state index is 5.51. The van der Waals surface area contributed by atoms with E-state index in [2.05, 4.69) is 22.3 Å². The van der Waals surface area contributed by atoms with Crippen molar-refractivity contribution in [1.29, 1.82) is 0 Å². The smallest absolute Gasteiger partial charge is 0.165 e. The Bertz CT molecular complexity index is 295. The van der Waals surface area contributed by atoms with Crippen LogP contribution in [0.5, 0.6) is 0 Å². The Morgan fingerprint density at radius 1 is 1.64 bits per heavy atom. The molecular formula is C9H17N5. The number of piperidine rings is 1. The molecule has 5 nitrogen and oxygen atoms in total. The quantitative estimate of drug-likeness (QED) is 0.732. The fraction of sp³-hybridized carbons (Fsp3) is 0.778. The zero-order valence-corrected chi connectivity index (χ0v) is 8.56. The lowest BCUT2D eigenvalue weighted by atomic mass is 9.99. The first kappa shape index (κ1) is 9.45. The van der Waals surface area contributed by atoms with Crippen molar-refractivity contribution in [3.63, 3.8) is 0 Å². The molecule has 1 atom stereocenters. The Morgan fingerprint density at radius 2 is 2.50 bits per heavy atom. The summed E-state index contributed by atoms with van der Waals surface area (Å²) >= 11 is 0. The molecule has 0 aliphatic carbocycles. The van der Waals surface area contributed by atoms with Crippen molar-refractivity contribution < 1.29 is 0 Å². The summed E-state index contributed by atoms with van der Waals surface area (Å²) in [6, 6.07) is 0. The van der Waals surface area contributed by atoms with Gasteiger partial charge in [0.15, 0.2) is 5.82 Å². The van der Waals surface area contributed by atoms with Crippen LogP contribution in [0.15, 0.2) is 6.20 Å². The maximum Gasteiger partial charge on any atom is 0.165 e. The van der Waals surface area contributed by atoms with Crippen LogP contribution >= 0.6 is 0 Å². The minimum Gasteiger partial charge on any atom is -0.381 e. The van der Waals surface area contributed by atoms with Crippen molar-refractivity contribution >= 4 is 5.82 Å². The van der Waals surface area contributed by atoms with Crippen molar-refractivity contribution in [2.45, 2.75) is 19.4 Å². The van der Waals surface area contributed by atoms with Gasteiger partial charge < -0.3 is 10.6 Å². The van der Waals surface area contributed by atoms with Gasteiger partial charge in [0.2, 0.25) is 0 Å². The summed E-state index contributed by atoms with van der Waals surface area (Å²) in [6.07, 6.45) is 4.37. The van der Waals surface area contributed by atoms with Crippen LogP contribution in [0.4, 0.5) is 5.82 Å². The van der Waals surface area contributed by atoms with Crippen LogP contribution in [0.25, 0.3) is 0 Å². The first-order valence-corrected chi connectivity index (χ1v) is 5.08. The summed E-state index contributed by atoms with van der Waals surface area (Å²) in [6.45, 7) is 3.31. The molecule has 1 saturated heterocycles. The highest BCUT2D eigenvalue weighted by molar-refractivity contribution is 5.19. The van der Waals surface area contributed by atoms with E-state index in [1.165, 1.54) is 19.4 Å². The monoisotopic (exact) mass is 195 g/mol.